The number of piperidine rings is 2. The number of hydrogen-bond donors (Lipinski definition) is 2. The lowest BCUT2D eigenvalue weighted by molar-refractivity contribution is -0.143. The summed E-state index contributed by atoms with van der Waals surface area (Å²) in [4.78, 5) is 57.3. The summed E-state index contributed by atoms with van der Waals surface area (Å²) in [6.45, 7) is 3.07. The van der Waals surface area contributed by atoms with Crippen molar-refractivity contribution >= 4 is 45.4 Å². The second-order valence-electron chi connectivity index (χ2n) is 15.6. The fraction of sp³-hybridized carbons (Fsp3) is 0.538. The number of nitrogens with one attached hydrogen (secondary N) is 1. The van der Waals surface area contributed by atoms with E-state index in [1.807, 2.05) is 24.3 Å². The molecule has 0 aliphatic carbocycles. The van der Waals surface area contributed by atoms with E-state index >= 15 is 0 Å². The van der Waals surface area contributed by atoms with Gasteiger partial charge in [-0.2, -0.15) is 13.2 Å². The van der Waals surface area contributed by atoms with Crippen LogP contribution in [0, 0.1) is 5.92 Å². The number of imidazole rings is 1. The van der Waals surface area contributed by atoms with E-state index in [9.17, 15) is 32.7 Å². The zero-order valence-electron chi connectivity index (χ0n) is 30.2. The Morgan fingerprint density at radius 3 is 2.31 bits per heavy atom. The van der Waals surface area contributed by atoms with Crippen molar-refractivity contribution in [2.24, 2.45) is 5.92 Å². The number of para-hydroxylation sites is 1. The summed E-state index contributed by atoms with van der Waals surface area (Å²) in [7, 11) is 2.21. The molecule has 8 rings (SSSR count). The molecule has 0 spiro atoms. The highest BCUT2D eigenvalue weighted by Gasteiger charge is 2.42. The highest BCUT2D eigenvalue weighted by Crippen LogP contribution is 2.41. The van der Waals surface area contributed by atoms with Gasteiger partial charge in [-0.3, -0.25) is 24.0 Å². The lowest BCUT2D eigenvalue weighted by Crippen LogP contribution is -2.56. The normalized spacial score (nSPS) is 23.8. The van der Waals surface area contributed by atoms with E-state index < -0.39 is 28.4 Å². The third-order valence-corrected chi connectivity index (χ3v) is 12.8. The van der Waals surface area contributed by atoms with Crippen LogP contribution in [0.5, 0.6) is 5.75 Å². The first-order chi connectivity index (χ1) is 25.9. The van der Waals surface area contributed by atoms with Crippen molar-refractivity contribution in [1.29, 1.82) is 0 Å². The summed E-state index contributed by atoms with van der Waals surface area (Å²) in [6, 6.07) is 11.1. The van der Waals surface area contributed by atoms with E-state index in [1.165, 1.54) is 18.9 Å². The van der Waals surface area contributed by atoms with E-state index in [0.717, 1.165) is 29.8 Å². The van der Waals surface area contributed by atoms with E-state index in [1.54, 1.807) is 20.6 Å². The van der Waals surface area contributed by atoms with Crippen molar-refractivity contribution in [3.05, 3.63) is 69.2 Å². The number of benzene rings is 2. The molecule has 2 aromatic carbocycles. The fourth-order valence-corrected chi connectivity index (χ4v) is 9.81. The molecule has 2 amide bonds. The lowest BCUT2D eigenvalue weighted by Gasteiger charge is -2.45. The number of H-pyrrole nitrogens is 1. The van der Waals surface area contributed by atoms with E-state index in [4.69, 9.17) is 11.6 Å². The summed E-state index contributed by atoms with van der Waals surface area (Å²) >= 11 is 6.06. The topological polar surface area (TPSA) is 118 Å². The first-order valence-electron chi connectivity index (χ1n) is 18.9. The monoisotopic (exact) mass is 767 g/mol. The second-order valence-corrected chi connectivity index (χ2v) is 16.0. The van der Waals surface area contributed by atoms with Crippen molar-refractivity contribution in [1.82, 2.24) is 34.1 Å². The minimum absolute atomic E-state index is 0.121. The number of likely N-dealkylation sites (tertiary alicyclic amines) is 1. The van der Waals surface area contributed by atoms with Crippen LogP contribution in [0.25, 0.3) is 21.9 Å². The average Bonchev–Trinajstić information content (AvgIpc) is 3.58. The number of alkyl halides is 3. The van der Waals surface area contributed by atoms with Crippen molar-refractivity contribution in [3.8, 4) is 5.75 Å². The number of rotatable bonds is 7. The highest BCUT2D eigenvalue weighted by atomic mass is 35.5. The molecule has 4 aliphatic heterocycles. The number of pyridine rings is 1. The number of carbonyl (C=O) groups excluding carboxylic acids is 2. The molecule has 11 nitrogen and oxygen atoms in total. The van der Waals surface area contributed by atoms with Gasteiger partial charge in [-0.15, -0.1) is 0 Å². The van der Waals surface area contributed by atoms with Gasteiger partial charge in [-0.05, 0) is 75.8 Å². The number of aromatic amines is 1. The Morgan fingerprint density at radius 2 is 1.63 bits per heavy atom. The van der Waals surface area contributed by atoms with Crippen molar-refractivity contribution in [2.75, 3.05) is 46.3 Å². The van der Waals surface area contributed by atoms with Gasteiger partial charge in [-0.25, -0.2) is 4.79 Å². The Balaban J connectivity index is 0.970. The minimum atomic E-state index is -4.86. The van der Waals surface area contributed by atoms with Gasteiger partial charge in [-0.1, -0.05) is 29.8 Å². The number of amides is 2. The van der Waals surface area contributed by atoms with Gasteiger partial charge in [0.05, 0.1) is 39.3 Å². The molecule has 4 saturated heterocycles. The molecule has 2 N–H and O–H groups in total. The SMILES string of the molecule is CN1C2CCC1CC(N1CCN(C(=O)[C@H](CC(=O)N3CCC(n4c(=O)[nH]c5c6ccccc6ncc54)CC3)Cc3cc(Cl)c(O)c(C(F)(F)F)c3)CC1)C2. The van der Waals surface area contributed by atoms with Crippen LogP contribution in [0.1, 0.15) is 62.1 Å². The number of aromatic hydroxyl groups is 1. The standard InChI is InChI=1S/C39H45ClF3N7O4/c1-46-26-6-7-27(46)21-28(20-26)47-12-14-49(15-13-47)37(53)24(16-23-17-30(39(41,42)43)36(52)31(40)18-23)19-34(51)48-10-8-25(9-11-48)50-33-22-44-32-5-3-2-4-29(32)35(33)45-38(50)54/h2-5,17-18,22,24-28,52H,6-16,19-21H2,1H3,(H,45,54)/t24-,26?,27?,28?/m0/s1. The molecule has 15 heteroatoms. The molecular formula is C39H45ClF3N7O4. The largest absolute Gasteiger partial charge is 0.506 e. The van der Waals surface area contributed by atoms with Crippen LogP contribution in [-0.2, 0) is 22.2 Å². The van der Waals surface area contributed by atoms with Crippen molar-refractivity contribution < 1.29 is 27.9 Å². The van der Waals surface area contributed by atoms with Gasteiger partial charge < -0.3 is 24.8 Å². The predicted molar refractivity (Wildman–Crippen MR) is 198 cm³/mol. The smallest absolute Gasteiger partial charge is 0.420 e. The molecule has 4 fully saturated rings. The molecular weight excluding hydrogens is 723 g/mol. The Hall–Kier alpha value is -4.14. The van der Waals surface area contributed by atoms with Crippen LogP contribution in [0.4, 0.5) is 13.2 Å². The number of nitrogens with zero attached hydrogens (tertiary/aromatic N) is 6. The molecule has 3 atom stereocenters. The predicted octanol–water partition coefficient (Wildman–Crippen LogP) is 5.44. The Labute approximate surface area is 315 Å². The molecule has 0 saturated carbocycles. The summed E-state index contributed by atoms with van der Waals surface area (Å²) in [5.74, 6) is -2.54. The summed E-state index contributed by atoms with van der Waals surface area (Å²) in [5, 5.41) is 10.5. The second kappa shape index (κ2) is 14.5. The summed E-state index contributed by atoms with van der Waals surface area (Å²) < 4.78 is 43.2. The summed E-state index contributed by atoms with van der Waals surface area (Å²) in [5.41, 5.74) is 0.790. The Bertz CT molecular complexity index is 2110. The number of carbonyl (C=O) groups is 2. The van der Waals surface area contributed by atoms with Crippen LogP contribution < -0.4 is 5.69 Å². The van der Waals surface area contributed by atoms with Crippen molar-refractivity contribution in [3.63, 3.8) is 0 Å². The number of phenols is 1. The first kappa shape index (κ1) is 36.8. The molecule has 6 heterocycles. The van der Waals surface area contributed by atoms with Gasteiger partial charge in [0.1, 0.15) is 5.75 Å². The first-order valence-corrected chi connectivity index (χ1v) is 19.3. The van der Waals surface area contributed by atoms with E-state index in [2.05, 4.69) is 26.8 Å². The maximum Gasteiger partial charge on any atom is 0.420 e. The number of aromatic nitrogens is 3. The minimum Gasteiger partial charge on any atom is -0.506 e. The molecule has 54 heavy (non-hydrogen) atoms. The van der Waals surface area contributed by atoms with Gasteiger partial charge >= 0.3 is 11.9 Å². The van der Waals surface area contributed by atoms with Crippen LogP contribution in [-0.4, -0.2) is 115 Å². The lowest BCUT2D eigenvalue weighted by atomic mass is 9.91. The van der Waals surface area contributed by atoms with Crippen LogP contribution in [0.15, 0.2) is 47.4 Å². The molecule has 4 aliphatic rings. The van der Waals surface area contributed by atoms with Crippen LogP contribution in [0.3, 0.4) is 0 Å². The third-order valence-electron chi connectivity index (χ3n) is 12.5. The number of piperazine rings is 1. The van der Waals surface area contributed by atoms with Crippen molar-refractivity contribution in [2.45, 2.75) is 81.7 Å². The Kier molecular flexibility index (Phi) is 9.88. The number of halogens is 4. The molecule has 288 valence electrons. The van der Waals surface area contributed by atoms with E-state index in [0.29, 0.717) is 81.3 Å². The van der Waals surface area contributed by atoms with Crippen LogP contribution in [0.2, 0.25) is 5.02 Å². The van der Waals surface area contributed by atoms with Gasteiger partial charge in [0, 0.05) is 75.2 Å². The Morgan fingerprint density at radius 1 is 0.944 bits per heavy atom. The molecule has 2 unspecified atom stereocenters. The quantitative estimate of drug-likeness (QED) is 0.258. The van der Waals surface area contributed by atoms with Gasteiger partial charge in [0.15, 0.2) is 0 Å². The zero-order valence-corrected chi connectivity index (χ0v) is 31.0. The van der Waals surface area contributed by atoms with Gasteiger partial charge in [0.2, 0.25) is 11.8 Å². The maximum absolute atomic E-state index is 14.2. The number of fused-ring (bicyclic) bond motifs is 5. The molecule has 2 bridgehead atoms. The maximum atomic E-state index is 14.2. The molecule has 0 radical (unpaired) electrons. The fourth-order valence-electron chi connectivity index (χ4n) is 9.56. The molecule has 4 aromatic rings. The van der Waals surface area contributed by atoms with E-state index in [-0.39, 0.29) is 42.0 Å². The number of phenolic OH excluding ortho intramolecular Hbond substituents is 1. The van der Waals surface area contributed by atoms with Crippen LogP contribution >= 0.6 is 11.6 Å². The third kappa shape index (κ3) is 6.96. The van der Waals surface area contributed by atoms with Gasteiger partial charge in [0.25, 0.3) is 0 Å². The average molecular weight is 768 g/mol. The number of hydrogen-bond acceptors (Lipinski definition) is 7. The zero-order chi connectivity index (χ0) is 37.9. The summed E-state index contributed by atoms with van der Waals surface area (Å²) in [6.07, 6.45) is 2.18. The highest BCUT2D eigenvalue weighted by molar-refractivity contribution is 6.32. The molecule has 2 aromatic heterocycles.